The fraction of sp³-hybridized carbons (Fsp3) is 0.333. The molecule has 0 heterocycles. The van der Waals surface area contributed by atoms with E-state index < -0.39 is 6.04 Å². The average molecular weight is 334 g/mol. The molecule has 0 aliphatic rings. The number of amides is 2. The highest BCUT2D eigenvalue weighted by Crippen LogP contribution is 2.21. The Kier molecular flexibility index (Phi) is 5.16. The second kappa shape index (κ2) is 6.20. The molecule has 0 fully saturated rings. The lowest BCUT2D eigenvalue weighted by atomic mass is 10.2. The van der Waals surface area contributed by atoms with Gasteiger partial charge in [0.05, 0.1) is 5.56 Å². The minimum Gasteiger partial charge on any atom is -0.347 e. The van der Waals surface area contributed by atoms with E-state index in [4.69, 9.17) is 11.6 Å². The van der Waals surface area contributed by atoms with Crippen LogP contribution < -0.4 is 5.32 Å². The van der Waals surface area contributed by atoms with Crippen molar-refractivity contribution in [3.8, 4) is 0 Å². The van der Waals surface area contributed by atoms with Gasteiger partial charge in [0.2, 0.25) is 5.91 Å². The van der Waals surface area contributed by atoms with Crippen LogP contribution in [0, 0.1) is 0 Å². The summed E-state index contributed by atoms with van der Waals surface area (Å²) in [6.07, 6.45) is 0. The van der Waals surface area contributed by atoms with Crippen LogP contribution in [-0.2, 0) is 4.79 Å². The van der Waals surface area contributed by atoms with Crippen LogP contribution in [0.2, 0.25) is 5.02 Å². The highest BCUT2D eigenvalue weighted by molar-refractivity contribution is 9.10. The Hall–Kier alpha value is -1.07. The zero-order chi connectivity index (χ0) is 13.9. The Morgan fingerprint density at radius 1 is 1.39 bits per heavy atom. The second-order valence-corrected chi connectivity index (χ2v) is 5.34. The minimum absolute atomic E-state index is 0.159. The molecule has 1 unspecified atom stereocenters. The van der Waals surface area contributed by atoms with Crippen LogP contribution in [0.1, 0.15) is 17.3 Å². The predicted molar refractivity (Wildman–Crippen MR) is 74.8 cm³/mol. The summed E-state index contributed by atoms with van der Waals surface area (Å²) in [5.74, 6) is -0.477. The summed E-state index contributed by atoms with van der Waals surface area (Å²) in [5.41, 5.74) is 0.442. The summed E-state index contributed by atoms with van der Waals surface area (Å²) < 4.78 is 0.594. The van der Waals surface area contributed by atoms with Crippen LogP contribution >= 0.6 is 27.5 Å². The number of carbonyl (C=O) groups is 2. The molecule has 0 saturated carbocycles. The van der Waals surface area contributed by atoms with Crippen molar-refractivity contribution < 1.29 is 9.59 Å². The van der Waals surface area contributed by atoms with E-state index in [0.29, 0.717) is 15.1 Å². The van der Waals surface area contributed by atoms with Crippen molar-refractivity contribution in [1.82, 2.24) is 10.2 Å². The van der Waals surface area contributed by atoms with E-state index >= 15 is 0 Å². The van der Waals surface area contributed by atoms with Crippen molar-refractivity contribution in [2.45, 2.75) is 13.0 Å². The lowest BCUT2D eigenvalue weighted by Gasteiger charge is -2.18. The van der Waals surface area contributed by atoms with Crippen molar-refractivity contribution in [2.24, 2.45) is 0 Å². The fourth-order valence-corrected chi connectivity index (χ4v) is 2.26. The van der Waals surface area contributed by atoms with E-state index in [-0.39, 0.29) is 11.8 Å². The number of halogens is 2. The van der Waals surface area contributed by atoms with Crippen molar-refractivity contribution in [1.29, 1.82) is 0 Å². The molecule has 18 heavy (non-hydrogen) atoms. The summed E-state index contributed by atoms with van der Waals surface area (Å²) in [6, 6.07) is 4.29. The standard InChI is InChI=1S/C12H14BrClN2O2/c1-7(12(18)16(2)3)15-11(17)9-5-4-8(14)6-10(9)13/h4-7H,1-3H3,(H,15,17). The lowest BCUT2D eigenvalue weighted by Crippen LogP contribution is -2.44. The molecule has 1 aromatic carbocycles. The maximum atomic E-state index is 12.0. The van der Waals surface area contributed by atoms with E-state index in [9.17, 15) is 9.59 Å². The maximum absolute atomic E-state index is 12.0. The lowest BCUT2D eigenvalue weighted by molar-refractivity contribution is -0.130. The largest absolute Gasteiger partial charge is 0.347 e. The first-order valence-corrected chi connectivity index (χ1v) is 6.47. The number of hydrogen-bond donors (Lipinski definition) is 1. The summed E-state index contributed by atoms with van der Waals surface area (Å²) in [6.45, 7) is 1.64. The first-order valence-electron chi connectivity index (χ1n) is 5.30. The van der Waals surface area contributed by atoms with E-state index in [1.54, 1.807) is 39.2 Å². The van der Waals surface area contributed by atoms with Gasteiger partial charge < -0.3 is 10.2 Å². The topological polar surface area (TPSA) is 49.4 Å². The molecule has 0 aromatic heterocycles. The van der Waals surface area contributed by atoms with Crippen LogP contribution in [0.5, 0.6) is 0 Å². The molecule has 1 aromatic rings. The molecule has 0 bridgehead atoms. The highest BCUT2D eigenvalue weighted by Gasteiger charge is 2.19. The number of benzene rings is 1. The molecular formula is C12H14BrClN2O2. The average Bonchev–Trinajstić information content (AvgIpc) is 2.27. The predicted octanol–water partition coefficient (Wildman–Crippen LogP) is 2.31. The van der Waals surface area contributed by atoms with Gasteiger partial charge in [0.15, 0.2) is 0 Å². The van der Waals surface area contributed by atoms with Gasteiger partial charge in [-0.3, -0.25) is 9.59 Å². The smallest absolute Gasteiger partial charge is 0.253 e. The third-order valence-electron chi connectivity index (χ3n) is 2.33. The van der Waals surface area contributed by atoms with Crippen LogP contribution in [0.4, 0.5) is 0 Å². The molecule has 4 nitrogen and oxygen atoms in total. The van der Waals surface area contributed by atoms with E-state index in [2.05, 4.69) is 21.2 Å². The summed E-state index contributed by atoms with van der Waals surface area (Å²) >= 11 is 9.06. The SMILES string of the molecule is CC(NC(=O)c1ccc(Cl)cc1Br)C(=O)N(C)C. The van der Waals surface area contributed by atoms with E-state index in [1.165, 1.54) is 4.90 Å². The van der Waals surface area contributed by atoms with Crippen molar-refractivity contribution in [3.63, 3.8) is 0 Å². The summed E-state index contributed by atoms with van der Waals surface area (Å²) in [7, 11) is 3.28. The number of nitrogens with zero attached hydrogens (tertiary/aromatic N) is 1. The van der Waals surface area contributed by atoms with Crippen molar-refractivity contribution in [2.75, 3.05) is 14.1 Å². The Labute approximate surface area is 119 Å². The molecule has 0 radical (unpaired) electrons. The molecule has 0 saturated heterocycles. The van der Waals surface area contributed by atoms with E-state index in [0.717, 1.165) is 0 Å². The Bertz CT molecular complexity index is 477. The van der Waals surface area contributed by atoms with Crippen molar-refractivity contribution >= 4 is 39.3 Å². The quantitative estimate of drug-likeness (QED) is 0.923. The highest BCUT2D eigenvalue weighted by atomic mass is 79.9. The number of rotatable bonds is 3. The number of likely N-dealkylation sites (N-methyl/N-ethyl adjacent to an activating group) is 1. The summed E-state index contributed by atoms with van der Waals surface area (Å²) in [4.78, 5) is 25.0. The van der Waals surface area contributed by atoms with Gasteiger partial charge >= 0.3 is 0 Å². The normalized spacial score (nSPS) is 11.8. The molecule has 0 spiro atoms. The molecule has 1 N–H and O–H groups in total. The van der Waals surface area contributed by atoms with Gasteiger partial charge in [-0.2, -0.15) is 0 Å². The van der Waals surface area contributed by atoms with Crippen LogP contribution in [0.3, 0.4) is 0 Å². The zero-order valence-electron chi connectivity index (χ0n) is 10.3. The van der Waals surface area contributed by atoms with Gasteiger partial charge in [-0.25, -0.2) is 0 Å². The molecule has 1 rings (SSSR count). The summed E-state index contributed by atoms with van der Waals surface area (Å²) in [5, 5.41) is 3.17. The molecule has 1 atom stereocenters. The Morgan fingerprint density at radius 2 is 2.00 bits per heavy atom. The maximum Gasteiger partial charge on any atom is 0.253 e. The zero-order valence-corrected chi connectivity index (χ0v) is 12.7. The second-order valence-electron chi connectivity index (χ2n) is 4.05. The molecule has 98 valence electrons. The molecule has 0 aliphatic heterocycles. The number of nitrogens with one attached hydrogen (secondary N) is 1. The minimum atomic E-state index is -0.574. The van der Waals surface area contributed by atoms with Crippen LogP contribution in [-0.4, -0.2) is 36.9 Å². The van der Waals surface area contributed by atoms with Gasteiger partial charge in [-0.15, -0.1) is 0 Å². The van der Waals surface area contributed by atoms with Gasteiger partial charge in [0.1, 0.15) is 6.04 Å². The Morgan fingerprint density at radius 3 is 2.50 bits per heavy atom. The number of carbonyl (C=O) groups excluding carboxylic acids is 2. The first kappa shape index (κ1) is 15.0. The third kappa shape index (κ3) is 3.71. The van der Waals surface area contributed by atoms with Crippen LogP contribution in [0.15, 0.2) is 22.7 Å². The number of hydrogen-bond acceptors (Lipinski definition) is 2. The third-order valence-corrected chi connectivity index (χ3v) is 3.23. The van der Waals surface area contributed by atoms with E-state index in [1.807, 2.05) is 0 Å². The van der Waals surface area contributed by atoms with Gasteiger partial charge in [-0.05, 0) is 41.1 Å². The molecule has 0 aliphatic carbocycles. The fourth-order valence-electron chi connectivity index (χ4n) is 1.40. The monoisotopic (exact) mass is 332 g/mol. The van der Waals surface area contributed by atoms with Gasteiger partial charge in [0.25, 0.3) is 5.91 Å². The molecule has 2 amide bonds. The van der Waals surface area contributed by atoms with Gasteiger partial charge in [-0.1, -0.05) is 11.6 Å². The van der Waals surface area contributed by atoms with Crippen LogP contribution in [0.25, 0.3) is 0 Å². The van der Waals surface area contributed by atoms with Crippen molar-refractivity contribution in [3.05, 3.63) is 33.3 Å². The Balaban J connectivity index is 2.80. The molecule has 6 heteroatoms. The first-order chi connectivity index (χ1) is 8.32. The molecular weight excluding hydrogens is 320 g/mol. The van der Waals surface area contributed by atoms with Gasteiger partial charge in [0, 0.05) is 23.6 Å².